The average molecular weight is 294 g/mol. The van der Waals surface area contributed by atoms with Crippen LogP contribution in [-0.2, 0) is 6.54 Å². The number of para-hydroxylation sites is 1. The number of nitrogens with two attached hydrogens (primary N) is 1. The maximum Gasteiger partial charge on any atom is 0.387 e. The summed E-state index contributed by atoms with van der Waals surface area (Å²) in [6, 6.07) is 11.9. The lowest BCUT2D eigenvalue weighted by atomic mass is 10.1. The van der Waals surface area contributed by atoms with Crippen molar-refractivity contribution in [2.45, 2.75) is 13.2 Å². The molecular weight excluding hydrogens is 278 g/mol. The van der Waals surface area contributed by atoms with Crippen molar-refractivity contribution in [3.63, 3.8) is 0 Å². The molecular formula is C15H16F2N2O2. The van der Waals surface area contributed by atoms with Crippen LogP contribution in [0.3, 0.4) is 0 Å². The lowest BCUT2D eigenvalue weighted by Gasteiger charge is -2.14. The molecule has 2 rings (SSSR count). The van der Waals surface area contributed by atoms with Crippen LogP contribution in [0.4, 0.5) is 20.2 Å². The molecule has 112 valence electrons. The monoisotopic (exact) mass is 294 g/mol. The van der Waals surface area contributed by atoms with Gasteiger partial charge in [0.1, 0.15) is 11.5 Å². The molecule has 6 heteroatoms. The van der Waals surface area contributed by atoms with Gasteiger partial charge in [-0.1, -0.05) is 18.2 Å². The molecule has 0 aliphatic heterocycles. The highest BCUT2D eigenvalue weighted by Gasteiger charge is 2.11. The Hall–Kier alpha value is -2.50. The third-order valence-corrected chi connectivity index (χ3v) is 2.93. The first-order valence-corrected chi connectivity index (χ1v) is 6.30. The van der Waals surface area contributed by atoms with Gasteiger partial charge in [0.2, 0.25) is 0 Å². The van der Waals surface area contributed by atoms with Crippen LogP contribution in [0.5, 0.6) is 11.5 Å². The lowest BCUT2D eigenvalue weighted by molar-refractivity contribution is -0.0494. The van der Waals surface area contributed by atoms with E-state index in [4.69, 9.17) is 10.5 Å². The van der Waals surface area contributed by atoms with E-state index in [2.05, 4.69) is 10.1 Å². The molecule has 2 aromatic carbocycles. The van der Waals surface area contributed by atoms with E-state index in [1.807, 2.05) is 18.2 Å². The molecule has 0 aliphatic carbocycles. The summed E-state index contributed by atoms with van der Waals surface area (Å²) < 4.78 is 34.4. The highest BCUT2D eigenvalue weighted by molar-refractivity contribution is 5.60. The van der Waals surface area contributed by atoms with E-state index in [1.54, 1.807) is 18.2 Å². The van der Waals surface area contributed by atoms with Gasteiger partial charge >= 0.3 is 6.61 Å². The quantitative estimate of drug-likeness (QED) is 0.801. The maximum absolute atomic E-state index is 12.4. The van der Waals surface area contributed by atoms with E-state index in [0.717, 1.165) is 5.56 Å². The molecule has 2 aromatic rings. The molecule has 0 amide bonds. The van der Waals surface area contributed by atoms with Gasteiger partial charge in [0.25, 0.3) is 0 Å². The van der Waals surface area contributed by atoms with Crippen LogP contribution >= 0.6 is 0 Å². The SMILES string of the molecule is COc1ccc(OC(F)F)c(NCc2ccccc2N)c1. The molecule has 21 heavy (non-hydrogen) atoms. The van der Waals surface area contributed by atoms with Crippen molar-refractivity contribution in [1.29, 1.82) is 0 Å². The minimum atomic E-state index is -2.89. The summed E-state index contributed by atoms with van der Waals surface area (Å²) in [5.74, 6) is 0.598. The second-order valence-electron chi connectivity index (χ2n) is 4.29. The number of anilines is 2. The molecule has 0 aromatic heterocycles. The summed E-state index contributed by atoms with van der Waals surface area (Å²) in [7, 11) is 1.50. The summed E-state index contributed by atoms with van der Waals surface area (Å²) in [4.78, 5) is 0. The van der Waals surface area contributed by atoms with Gasteiger partial charge in [-0.15, -0.1) is 0 Å². The van der Waals surface area contributed by atoms with Crippen molar-refractivity contribution in [2.24, 2.45) is 0 Å². The smallest absolute Gasteiger partial charge is 0.387 e. The summed E-state index contributed by atoms with van der Waals surface area (Å²) in [5.41, 5.74) is 7.75. The van der Waals surface area contributed by atoms with Crippen LogP contribution in [0, 0.1) is 0 Å². The van der Waals surface area contributed by atoms with Gasteiger partial charge < -0.3 is 20.5 Å². The van der Waals surface area contributed by atoms with Crippen LogP contribution in [0.1, 0.15) is 5.56 Å². The Morgan fingerprint density at radius 2 is 1.95 bits per heavy atom. The van der Waals surface area contributed by atoms with E-state index < -0.39 is 6.61 Å². The zero-order chi connectivity index (χ0) is 15.2. The Labute approximate surface area is 121 Å². The number of alkyl halides is 2. The molecule has 0 heterocycles. The number of ether oxygens (including phenoxy) is 2. The van der Waals surface area contributed by atoms with Crippen molar-refractivity contribution in [3.8, 4) is 11.5 Å². The fourth-order valence-corrected chi connectivity index (χ4v) is 1.86. The van der Waals surface area contributed by atoms with Gasteiger partial charge in [0, 0.05) is 18.3 Å². The van der Waals surface area contributed by atoms with E-state index in [0.29, 0.717) is 23.7 Å². The fourth-order valence-electron chi connectivity index (χ4n) is 1.86. The predicted molar refractivity (Wildman–Crippen MR) is 77.8 cm³/mol. The Balaban J connectivity index is 2.18. The first kappa shape index (κ1) is 14.9. The second kappa shape index (κ2) is 6.78. The van der Waals surface area contributed by atoms with E-state index >= 15 is 0 Å². The lowest BCUT2D eigenvalue weighted by Crippen LogP contribution is -2.07. The van der Waals surface area contributed by atoms with E-state index in [9.17, 15) is 8.78 Å². The number of halogens is 2. The fraction of sp³-hybridized carbons (Fsp3) is 0.200. The van der Waals surface area contributed by atoms with Crippen molar-refractivity contribution in [2.75, 3.05) is 18.2 Å². The molecule has 0 spiro atoms. The minimum Gasteiger partial charge on any atom is -0.497 e. The topological polar surface area (TPSA) is 56.5 Å². The van der Waals surface area contributed by atoms with Crippen molar-refractivity contribution < 1.29 is 18.3 Å². The number of nitrogens with one attached hydrogen (secondary N) is 1. The zero-order valence-electron chi connectivity index (χ0n) is 11.5. The molecule has 0 fully saturated rings. The molecule has 4 nitrogen and oxygen atoms in total. The normalized spacial score (nSPS) is 10.5. The predicted octanol–water partition coefficient (Wildman–Crippen LogP) is 3.49. The van der Waals surface area contributed by atoms with Crippen LogP contribution in [0.25, 0.3) is 0 Å². The highest BCUT2D eigenvalue weighted by Crippen LogP contribution is 2.31. The Kier molecular flexibility index (Phi) is 4.81. The first-order chi connectivity index (χ1) is 10.1. The second-order valence-corrected chi connectivity index (χ2v) is 4.29. The van der Waals surface area contributed by atoms with E-state index in [1.165, 1.54) is 13.2 Å². The summed E-state index contributed by atoms with van der Waals surface area (Å²) in [6.07, 6.45) is 0. The van der Waals surface area contributed by atoms with Gasteiger partial charge in [-0.05, 0) is 23.8 Å². The van der Waals surface area contributed by atoms with Crippen molar-refractivity contribution in [1.82, 2.24) is 0 Å². The Morgan fingerprint density at radius 3 is 2.62 bits per heavy atom. The number of nitrogen functional groups attached to an aromatic ring is 1. The summed E-state index contributed by atoms with van der Waals surface area (Å²) in [5, 5.41) is 3.03. The largest absolute Gasteiger partial charge is 0.497 e. The highest BCUT2D eigenvalue weighted by atomic mass is 19.3. The van der Waals surface area contributed by atoms with Gasteiger partial charge in [-0.25, -0.2) is 0 Å². The third-order valence-electron chi connectivity index (χ3n) is 2.93. The van der Waals surface area contributed by atoms with Gasteiger partial charge in [-0.3, -0.25) is 0 Å². The van der Waals surface area contributed by atoms with Crippen molar-refractivity contribution >= 4 is 11.4 Å². The molecule has 0 saturated heterocycles. The minimum absolute atomic E-state index is 0.0558. The van der Waals surface area contributed by atoms with Crippen LogP contribution < -0.4 is 20.5 Å². The maximum atomic E-state index is 12.4. The van der Waals surface area contributed by atoms with Crippen molar-refractivity contribution in [3.05, 3.63) is 48.0 Å². The molecule has 0 atom stereocenters. The Morgan fingerprint density at radius 1 is 1.19 bits per heavy atom. The number of methoxy groups -OCH3 is 1. The number of benzene rings is 2. The standard InChI is InChI=1S/C15H16F2N2O2/c1-20-11-6-7-14(21-15(16)17)13(8-11)19-9-10-4-2-3-5-12(10)18/h2-8,15,19H,9,18H2,1H3. The van der Waals surface area contributed by atoms with Gasteiger partial charge in [0.15, 0.2) is 0 Å². The number of rotatable bonds is 6. The molecule has 0 aliphatic rings. The molecule has 0 radical (unpaired) electrons. The summed E-state index contributed by atoms with van der Waals surface area (Å²) >= 11 is 0. The average Bonchev–Trinajstić information content (AvgIpc) is 2.47. The Bertz CT molecular complexity index is 606. The molecule has 3 N–H and O–H groups in total. The number of hydrogen-bond acceptors (Lipinski definition) is 4. The molecule has 0 bridgehead atoms. The van der Waals surface area contributed by atoms with Crippen LogP contribution in [-0.4, -0.2) is 13.7 Å². The van der Waals surface area contributed by atoms with Gasteiger partial charge in [-0.2, -0.15) is 8.78 Å². The first-order valence-electron chi connectivity index (χ1n) is 6.30. The third kappa shape index (κ3) is 3.98. The summed E-state index contributed by atoms with van der Waals surface area (Å²) in [6.45, 7) is -2.50. The van der Waals surface area contributed by atoms with Crippen LogP contribution in [0.15, 0.2) is 42.5 Å². The van der Waals surface area contributed by atoms with E-state index in [-0.39, 0.29) is 5.75 Å². The number of hydrogen-bond donors (Lipinski definition) is 2. The van der Waals surface area contributed by atoms with Crippen LogP contribution in [0.2, 0.25) is 0 Å². The molecule has 0 saturated carbocycles. The molecule has 0 unspecified atom stereocenters. The zero-order valence-corrected chi connectivity index (χ0v) is 11.5. The van der Waals surface area contributed by atoms with Gasteiger partial charge in [0.05, 0.1) is 12.8 Å².